The number of piperazine rings is 1. The van der Waals surface area contributed by atoms with Gasteiger partial charge in [0.15, 0.2) is 0 Å². The van der Waals surface area contributed by atoms with Crippen molar-refractivity contribution >= 4 is 23.7 Å². The highest BCUT2D eigenvalue weighted by Gasteiger charge is 2.49. The number of imide groups is 2. The number of hydrogen-bond donors (Lipinski definition) is 0. The third-order valence-electron chi connectivity index (χ3n) is 6.17. The Morgan fingerprint density at radius 2 is 1.75 bits per heavy atom. The number of carbonyl (C=O) groups excluding carboxylic acids is 3. The number of aromatic nitrogens is 1. The van der Waals surface area contributed by atoms with Crippen LogP contribution in [0.5, 0.6) is 0 Å². The quantitative estimate of drug-likeness (QED) is 0.578. The maximum atomic E-state index is 12.9. The number of pyridine rings is 1. The van der Waals surface area contributed by atoms with Crippen LogP contribution in [-0.2, 0) is 9.59 Å². The van der Waals surface area contributed by atoms with E-state index in [1.165, 1.54) is 4.90 Å². The van der Waals surface area contributed by atoms with E-state index in [0.717, 1.165) is 49.5 Å². The molecule has 4 rings (SSSR count). The lowest BCUT2D eigenvalue weighted by molar-refractivity contribution is -0.145. The van der Waals surface area contributed by atoms with Crippen LogP contribution < -0.4 is 4.90 Å². The summed E-state index contributed by atoms with van der Waals surface area (Å²) < 4.78 is 0. The second kappa shape index (κ2) is 7.87. The summed E-state index contributed by atoms with van der Waals surface area (Å²) in [7, 11) is 0. The first-order chi connectivity index (χ1) is 13.6. The lowest BCUT2D eigenvalue weighted by Gasteiger charge is -2.37. The van der Waals surface area contributed by atoms with Crippen molar-refractivity contribution in [2.75, 3.05) is 37.7 Å². The van der Waals surface area contributed by atoms with Crippen LogP contribution in [-0.4, -0.2) is 76.4 Å². The van der Waals surface area contributed by atoms with E-state index < -0.39 is 17.8 Å². The number of amides is 4. The predicted octanol–water partition coefficient (Wildman–Crippen LogP) is 1.53. The molecule has 3 aliphatic rings. The molecular formula is C20H27N5O3. The molecule has 1 aromatic rings. The zero-order valence-electron chi connectivity index (χ0n) is 16.3. The van der Waals surface area contributed by atoms with Gasteiger partial charge in [0.1, 0.15) is 5.82 Å². The number of anilines is 1. The molecule has 28 heavy (non-hydrogen) atoms. The summed E-state index contributed by atoms with van der Waals surface area (Å²) in [6, 6.07) is 5.23. The Morgan fingerprint density at radius 1 is 1.00 bits per heavy atom. The van der Waals surface area contributed by atoms with E-state index in [2.05, 4.69) is 21.7 Å². The molecule has 1 saturated carbocycles. The summed E-state index contributed by atoms with van der Waals surface area (Å²) >= 11 is 0. The van der Waals surface area contributed by atoms with Crippen molar-refractivity contribution < 1.29 is 14.4 Å². The van der Waals surface area contributed by atoms with Gasteiger partial charge in [0.05, 0.1) is 6.67 Å². The van der Waals surface area contributed by atoms with Crippen LogP contribution in [0.15, 0.2) is 24.4 Å². The van der Waals surface area contributed by atoms with Crippen LogP contribution in [0.25, 0.3) is 0 Å². The average molecular weight is 385 g/mol. The maximum Gasteiger partial charge on any atom is 0.335 e. The summed E-state index contributed by atoms with van der Waals surface area (Å²) in [5.41, 5.74) is 0. The minimum atomic E-state index is -0.685. The van der Waals surface area contributed by atoms with Gasteiger partial charge in [-0.1, -0.05) is 25.8 Å². The number of carbonyl (C=O) groups is 3. The third kappa shape index (κ3) is 3.48. The average Bonchev–Trinajstić information content (AvgIpc) is 2.93. The Hall–Kier alpha value is -2.48. The molecule has 0 aromatic carbocycles. The molecule has 1 aliphatic carbocycles. The monoisotopic (exact) mass is 385 g/mol. The van der Waals surface area contributed by atoms with Gasteiger partial charge in [-0.15, -0.1) is 0 Å². The molecule has 3 fully saturated rings. The fourth-order valence-corrected chi connectivity index (χ4v) is 4.48. The molecule has 2 saturated heterocycles. The van der Waals surface area contributed by atoms with Crippen LogP contribution >= 0.6 is 0 Å². The van der Waals surface area contributed by atoms with Crippen molar-refractivity contribution in [1.29, 1.82) is 0 Å². The number of rotatable bonds is 4. The topological polar surface area (TPSA) is 77.1 Å². The molecule has 3 heterocycles. The first-order valence-electron chi connectivity index (χ1n) is 10.1. The molecular weight excluding hydrogens is 358 g/mol. The molecule has 0 radical (unpaired) electrons. The molecule has 1 aromatic heterocycles. The van der Waals surface area contributed by atoms with Crippen LogP contribution in [0, 0.1) is 5.92 Å². The van der Waals surface area contributed by atoms with E-state index in [1.54, 1.807) is 6.20 Å². The van der Waals surface area contributed by atoms with Crippen molar-refractivity contribution in [3.05, 3.63) is 24.4 Å². The fourth-order valence-electron chi connectivity index (χ4n) is 4.48. The summed E-state index contributed by atoms with van der Waals surface area (Å²) in [4.78, 5) is 48.9. The Balaban J connectivity index is 1.38. The maximum absolute atomic E-state index is 12.9. The van der Waals surface area contributed by atoms with Crippen molar-refractivity contribution in [2.24, 2.45) is 5.92 Å². The Bertz CT molecular complexity index is 747. The van der Waals surface area contributed by atoms with Gasteiger partial charge in [0, 0.05) is 38.4 Å². The highest BCUT2D eigenvalue weighted by molar-refractivity contribution is 6.44. The molecule has 8 nitrogen and oxygen atoms in total. The van der Waals surface area contributed by atoms with Gasteiger partial charge in [-0.05, 0) is 30.9 Å². The van der Waals surface area contributed by atoms with Gasteiger partial charge < -0.3 is 4.90 Å². The van der Waals surface area contributed by atoms with Gasteiger partial charge in [-0.2, -0.15) is 0 Å². The molecule has 0 bridgehead atoms. The second-order valence-corrected chi connectivity index (χ2v) is 7.95. The van der Waals surface area contributed by atoms with Gasteiger partial charge in [-0.3, -0.25) is 19.4 Å². The zero-order chi connectivity index (χ0) is 19.7. The van der Waals surface area contributed by atoms with Crippen molar-refractivity contribution in [2.45, 2.75) is 38.6 Å². The number of urea groups is 1. The van der Waals surface area contributed by atoms with Gasteiger partial charge in [0.25, 0.3) is 0 Å². The molecule has 150 valence electrons. The summed E-state index contributed by atoms with van der Waals surface area (Å²) in [6.45, 7) is 5.20. The van der Waals surface area contributed by atoms with E-state index in [9.17, 15) is 14.4 Å². The van der Waals surface area contributed by atoms with E-state index in [0.29, 0.717) is 13.1 Å². The van der Waals surface area contributed by atoms with Crippen molar-refractivity contribution in [1.82, 2.24) is 19.7 Å². The highest BCUT2D eigenvalue weighted by Crippen LogP contribution is 2.31. The standard InChI is InChI=1S/C20H27N5O3/c1-15-6-2-3-7-16(15)25-19(27)18(26)24(20(25)28)14-22-10-12-23(13-11-22)17-8-4-5-9-21-17/h4-5,8-9,15-16H,2-3,6-7,10-14H2,1H3/t15-,16+/m1/s1. The summed E-state index contributed by atoms with van der Waals surface area (Å²) in [5, 5.41) is 0. The fraction of sp³-hybridized carbons (Fsp3) is 0.600. The SMILES string of the molecule is C[C@@H]1CCCC[C@@H]1N1C(=O)C(=O)N(CN2CCN(c3ccccn3)CC2)C1=O. The normalized spacial score (nSPS) is 27.0. The van der Waals surface area contributed by atoms with Crippen molar-refractivity contribution in [3.8, 4) is 0 Å². The number of hydrogen-bond acceptors (Lipinski definition) is 6. The first kappa shape index (κ1) is 18.9. The van der Waals surface area contributed by atoms with E-state index in [4.69, 9.17) is 0 Å². The Morgan fingerprint density at radius 3 is 2.43 bits per heavy atom. The van der Waals surface area contributed by atoms with Gasteiger partial charge in [-0.25, -0.2) is 14.7 Å². The number of nitrogens with zero attached hydrogens (tertiary/aromatic N) is 5. The molecule has 0 spiro atoms. The molecule has 0 unspecified atom stereocenters. The smallest absolute Gasteiger partial charge is 0.335 e. The highest BCUT2D eigenvalue weighted by atomic mass is 16.2. The zero-order valence-corrected chi connectivity index (χ0v) is 16.3. The molecule has 8 heteroatoms. The largest absolute Gasteiger partial charge is 0.354 e. The van der Waals surface area contributed by atoms with Crippen LogP contribution in [0.4, 0.5) is 10.6 Å². The van der Waals surface area contributed by atoms with E-state index >= 15 is 0 Å². The molecule has 2 aliphatic heterocycles. The second-order valence-electron chi connectivity index (χ2n) is 7.95. The minimum Gasteiger partial charge on any atom is -0.354 e. The van der Waals surface area contributed by atoms with Crippen LogP contribution in [0.1, 0.15) is 32.6 Å². The lowest BCUT2D eigenvalue weighted by atomic mass is 9.85. The lowest BCUT2D eigenvalue weighted by Crippen LogP contribution is -2.52. The minimum absolute atomic E-state index is 0.149. The van der Waals surface area contributed by atoms with Crippen LogP contribution in [0.3, 0.4) is 0 Å². The van der Waals surface area contributed by atoms with E-state index in [-0.39, 0.29) is 18.6 Å². The first-order valence-corrected chi connectivity index (χ1v) is 10.1. The molecule has 0 N–H and O–H groups in total. The third-order valence-corrected chi connectivity index (χ3v) is 6.17. The van der Waals surface area contributed by atoms with Gasteiger partial charge >= 0.3 is 17.8 Å². The summed E-state index contributed by atoms with van der Waals surface area (Å²) in [6.07, 6.45) is 5.67. The Labute approximate surface area is 165 Å². The predicted molar refractivity (Wildman–Crippen MR) is 103 cm³/mol. The van der Waals surface area contributed by atoms with Gasteiger partial charge in [0.2, 0.25) is 0 Å². The Kier molecular flexibility index (Phi) is 5.30. The van der Waals surface area contributed by atoms with Crippen LogP contribution in [0.2, 0.25) is 0 Å². The van der Waals surface area contributed by atoms with E-state index in [1.807, 2.05) is 18.2 Å². The van der Waals surface area contributed by atoms with Crippen molar-refractivity contribution in [3.63, 3.8) is 0 Å². The molecule has 2 atom stereocenters. The molecule has 4 amide bonds. The summed E-state index contributed by atoms with van der Waals surface area (Å²) in [5.74, 6) is -0.162.